The fourth-order valence-electron chi connectivity index (χ4n) is 3.35. The zero-order valence-electron chi connectivity index (χ0n) is 14.6. The maximum Gasteiger partial charge on any atom is 0.194 e. The van der Waals surface area contributed by atoms with E-state index in [0.717, 1.165) is 49.5 Å². The molecule has 3 rings (SSSR count). The van der Waals surface area contributed by atoms with Crippen molar-refractivity contribution >= 4 is 12.4 Å². The highest BCUT2D eigenvalue weighted by atomic mass is 35.5. The van der Waals surface area contributed by atoms with E-state index in [1.54, 1.807) is 6.20 Å². The topological polar surface area (TPSA) is 81.5 Å². The number of nitrogens with zero attached hydrogens (tertiary/aromatic N) is 1. The SMILES string of the molecule is Cc1cnc(CCCOc2ccc([C@@H]3CC[C@](N)(CO)C3)cc2)o1.Cl. The lowest BCUT2D eigenvalue weighted by atomic mass is 9.94. The fraction of sp³-hybridized carbons (Fsp3) is 0.526. The summed E-state index contributed by atoms with van der Waals surface area (Å²) in [6.07, 6.45) is 6.16. The molecule has 1 fully saturated rings. The largest absolute Gasteiger partial charge is 0.494 e. The van der Waals surface area contributed by atoms with Gasteiger partial charge in [-0.3, -0.25) is 0 Å². The zero-order chi connectivity index (χ0) is 17.0. The van der Waals surface area contributed by atoms with Crippen molar-refractivity contribution in [2.45, 2.75) is 50.5 Å². The molecule has 0 bridgehead atoms. The molecule has 6 heteroatoms. The second-order valence-corrected chi connectivity index (χ2v) is 6.85. The summed E-state index contributed by atoms with van der Waals surface area (Å²) in [5.74, 6) is 2.92. The summed E-state index contributed by atoms with van der Waals surface area (Å²) in [6, 6.07) is 8.25. The van der Waals surface area contributed by atoms with Gasteiger partial charge in [0, 0.05) is 12.0 Å². The Kier molecular flexibility index (Phi) is 6.87. The molecule has 3 N–H and O–H groups in total. The second-order valence-electron chi connectivity index (χ2n) is 6.85. The Balaban J connectivity index is 0.00000225. The Bertz CT molecular complexity index is 659. The highest BCUT2D eigenvalue weighted by Crippen LogP contribution is 2.39. The molecule has 25 heavy (non-hydrogen) atoms. The lowest BCUT2D eigenvalue weighted by molar-refractivity contribution is 0.198. The molecule has 5 nitrogen and oxygen atoms in total. The number of halogens is 1. The molecule has 0 spiro atoms. The predicted molar refractivity (Wildman–Crippen MR) is 99.3 cm³/mol. The molecule has 0 radical (unpaired) electrons. The molecule has 2 atom stereocenters. The molecule has 0 amide bonds. The van der Waals surface area contributed by atoms with E-state index in [9.17, 15) is 5.11 Å². The average molecular weight is 367 g/mol. The van der Waals surface area contributed by atoms with Crippen molar-refractivity contribution in [3.63, 3.8) is 0 Å². The monoisotopic (exact) mass is 366 g/mol. The van der Waals surface area contributed by atoms with Crippen LogP contribution in [0.3, 0.4) is 0 Å². The minimum Gasteiger partial charge on any atom is -0.494 e. The zero-order valence-corrected chi connectivity index (χ0v) is 15.4. The third-order valence-electron chi connectivity index (χ3n) is 4.78. The number of aliphatic hydroxyl groups excluding tert-OH is 1. The van der Waals surface area contributed by atoms with Crippen molar-refractivity contribution in [2.75, 3.05) is 13.2 Å². The molecule has 1 aromatic carbocycles. The molecule has 1 saturated carbocycles. The molecule has 138 valence electrons. The first kappa shape index (κ1) is 19.8. The Hall–Kier alpha value is -1.56. The van der Waals surface area contributed by atoms with Crippen molar-refractivity contribution in [2.24, 2.45) is 5.73 Å². The van der Waals surface area contributed by atoms with E-state index in [1.807, 2.05) is 19.1 Å². The van der Waals surface area contributed by atoms with E-state index in [2.05, 4.69) is 17.1 Å². The number of aliphatic hydroxyl groups is 1. The molecule has 0 aliphatic heterocycles. The maximum atomic E-state index is 9.38. The van der Waals surface area contributed by atoms with Crippen LogP contribution in [-0.2, 0) is 6.42 Å². The van der Waals surface area contributed by atoms with Crippen LogP contribution in [0.4, 0.5) is 0 Å². The van der Waals surface area contributed by atoms with Crippen LogP contribution in [0, 0.1) is 6.92 Å². The third-order valence-corrected chi connectivity index (χ3v) is 4.78. The number of oxazole rings is 1. The van der Waals surface area contributed by atoms with Gasteiger partial charge >= 0.3 is 0 Å². The van der Waals surface area contributed by atoms with E-state index < -0.39 is 5.54 Å². The van der Waals surface area contributed by atoms with E-state index in [-0.39, 0.29) is 19.0 Å². The summed E-state index contributed by atoms with van der Waals surface area (Å²) in [6.45, 7) is 2.60. The summed E-state index contributed by atoms with van der Waals surface area (Å²) in [5, 5.41) is 9.38. The predicted octanol–water partition coefficient (Wildman–Crippen LogP) is 3.37. The van der Waals surface area contributed by atoms with Crippen molar-refractivity contribution in [1.82, 2.24) is 4.98 Å². The maximum absolute atomic E-state index is 9.38. The summed E-state index contributed by atoms with van der Waals surface area (Å²) >= 11 is 0. The van der Waals surface area contributed by atoms with Gasteiger partial charge in [0.1, 0.15) is 11.5 Å². The Morgan fingerprint density at radius 2 is 2.12 bits per heavy atom. The van der Waals surface area contributed by atoms with Crippen LogP contribution < -0.4 is 10.5 Å². The Morgan fingerprint density at radius 1 is 1.36 bits per heavy atom. The molecule has 0 saturated heterocycles. The normalized spacial score (nSPS) is 22.6. The molecule has 2 aromatic rings. The average Bonchev–Trinajstić information content (AvgIpc) is 3.19. The smallest absolute Gasteiger partial charge is 0.194 e. The minimum absolute atomic E-state index is 0. The lowest BCUT2D eigenvalue weighted by Gasteiger charge is -2.21. The first-order valence-electron chi connectivity index (χ1n) is 8.62. The van der Waals surface area contributed by atoms with E-state index in [0.29, 0.717) is 12.5 Å². The molecular formula is C19H27ClN2O3. The van der Waals surface area contributed by atoms with Gasteiger partial charge in [0.2, 0.25) is 0 Å². The molecule has 0 unspecified atom stereocenters. The highest BCUT2D eigenvalue weighted by molar-refractivity contribution is 5.85. The van der Waals surface area contributed by atoms with Crippen LogP contribution in [0.5, 0.6) is 5.75 Å². The highest BCUT2D eigenvalue weighted by Gasteiger charge is 2.35. The van der Waals surface area contributed by atoms with Crippen molar-refractivity contribution in [1.29, 1.82) is 0 Å². The Labute approximate surface area is 155 Å². The number of benzene rings is 1. The molecule has 1 aromatic heterocycles. The summed E-state index contributed by atoms with van der Waals surface area (Å²) in [4.78, 5) is 4.18. The first-order chi connectivity index (χ1) is 11.6. The van der Waals surface area contributed by atoms with Crippen LogP contribution in [0.1, 0.15) is 48.8 Å². The van der Waals surface area contributed by atoms with Gasteiger partial charge in [-0.2, -0.15) is 0 Å². The lowest BCUT2D eigenvalue weighted by Crippen LogP contribution is -2.40. The number of hydrogen-bond acceptors (Lipinski definition) is 5. The van der Waals surface area contributed by atoms with Crippen molar-refractivity contribution in [3.05, 3.63) is 47.7 Å². The molecule has 1 heterocycles. The summed E-state index contributed by atoms with van der Waals surface area (Å²) in [5.41, 5.74) is 7.03. The van der Waals surface area contributed by atoms with Gasteiger partial charge in [-0.25, -0.2) is 4.98 Å². The second kappa shape index (κ2) is 8.70. The standard InChI is InChI=1S/C19H26N2O3.ClH/c1-14-12-21-18(24-14)3-2-10-23-17-6-4-15(5-7-17)16-8-9-19(20,11-16)13-22;/h4-7,12,16,22H,2-3,8-11,13,20H2,1H3;1H/t16-,19-;/m1./s1. The quantitative estimate of drug-likeness (QED) is 0.734. The molecule has 1 aliphatic carbocycles. The van der Waals surface area contributed by atoms with E-state index in [4.69, 9.17) is 14.9 Å². The van der Waals surface area contributed by atoms with E-state index >= 15 is 0 Å². The number of aryl methyl sites for hydroxylation is 2. The first-order valence-corrected chi connectivity index (χ1v) is 8.62. The van der Waals surface area contributed by atoms with Gasteiger partial charge in [-0.1, -0.05) is 12.1 Å². The van der Waals surface area contributed by atoms with Gasteiger partial charge in [0.25, 0.3) is 0 Å². The minimum atomic E-state index is -0.405. The van der Waals surface area contributed by atoms with Gasteiger partial charge in [0.05, 0.1) is 19.4 Å². The van der Waals surface area contributed by atoms with Gasteiger partial charge in [-0.05, 0) is 56.2 Å². The van der Waals surface area contributed by atoms with Crippen LogP contribution in [0.2, 0.25) is 0 Å². The van der Waals surface area contributed by atoms with Crippen molar-refractivity contribution in [3.8, 4) is 5.75 Å². The van der Waals surface area contributed by atoms with Crippen LogP contribution >= 0.6 is 12.4 Å². The number of aromatic nitrogens is 1. The van der Waals surface area contributed by atoms with Gasteiger partial charge < -0.3 is 20.0 Å². The van der Waals surface area contributed by atoms with Crippen LogP contribution in [0.25, 0.3) is 0 Å². The van der Waals surface area contributed by atoms with Crippen molar-refractivity contribution < 1.29 is 14.3 Å². The number of ether oxygens (including phenoxy) is 1. The third kappa shape index (κ3) is 5.21. The number of hydrogen-bond donors (Lipinski definition) is 2. The summed E-state index contributed by atoms with van der Waals surface area (Å²) < 4.78 is 11.2. The summed E-state index contributed by atoms with van der Waals surface area (Å²) in [7, 11) is 0. The van der Waals surface area contributed by atoms with Gasteiger partial charge in [-0.15, -0.1) is 12.4 Å². The molecular weight excluding hydrogens is 340 g/mol. The van der Waals surface area contributed by atoms with Crippen LogP contribution in [0.15, 0.2) is 34.9 Å². The number of nitrogens with two attached hydrogens (primary N) is 1. The number of rotatable bonds is 7. The Morgan fingerprint density at radius 3 is 2.72 bits per heavy atom. The molecule has 1 aliphatic rings. The van der Waals surface area contributed by atoms with Gasteiger partial charge in [0.15, 0.2) is 5.89 Å². The van der Waals surface area contributed by atoms with Crippen LogP contribution in [-0.4, -0.2) is 28.8 Å². The van der Waals surface area contributed by atoms with E-state index in [1.165, 1.54) is 5.56 Å². The fourth-order valence-corrected chi connectivity index (χ4v) is 3.35.